The van der Waals surface area contributed by atoms with Crippen LogP contribution in [0.5, 0.6) is 5.75 Å². The van der Waals surface area contributed by atoms with E-state index in [2.05, 4.69) is 6.58 Å². The number of phenols is 1. The molecule has 2 unspecified atom stereocenters. The fraction of sp³-hybridized carbons (Fsp3) is 0.485. The summed E-state index contributed by atoms with van der Waals surface area (Å²) in [6, 6.07) is 10.6. The van der Waals surface area contributed by atoms with Crippen molar-refractivity contribution < 1.29 is 39.9 Å². The number of aliphatic hydroxyl groups is 4. The zero-order valence-electron chi connectivity index (χ0n) is 24.4. The van der Waals surface area contributed by atoms with Gasteiger partial charge in [0.25, 0.3) is 0 Å². The number of benzene rings is 2. The number of phenolic OH excluding ortho intramolecular Hbond substituents is 1. The number of carbonyl (C=O) groups is 3. The van der Waals surface area contributed by atoms with Gasteiger partial charge >= 0.3 is 0 Å². The highest BCUT2D eigenvalue weighted by molar-refractivity contribution is 6.10. The Bertz CT molecular complexity index is 1500. The van der Waals surface area contributed by atoms with Gasteiger partial charge in [0.05, 0.1) is 23.7 Å². The molecule has 224 valence electrons. The number of aromatic hydroxyl groups is 1. The summed E-state index contributed by atoms with van der Waals surface area (Å²) in [5, 5.41) is 59.3. The third-order valence-corrected chi connectivity index (χ3v) is 11.1. The third kappa shape index (κ3) is 3.42. The Morgan fingerprint density at radius 2 is 1.64 bits per heavy atom. The molecule has 0 aromatic heterocycles. The molecule has 7 N–H and O–H groups in total. The summed E-state index contributed by atoms with van der Waals surface area (Å²) in [5.41, 5.74) is 1.62. The highest BCUT2D eigenvalue weighted by atomic mass is 16.4. The molecule has 2 fully saturated rings. The van der Waals surface area contributed by atoms with Crippen molar-refractivity contribution in [3.05, 3.63) is 59.7 Å². The number of hydrogen-bond acceptors (Lipinski definition) is 8. The van der Waals surface area contributed by atoms with Crippen molar-refractivity contribution in [2.45, 2.75) is 64.4 Å². The fourth-order valence-electron chi connectivity index (χ4n) is 8.79. The van der Waals surface area contributed by atoms with Crippen LogP contribution in [0.1, 0.15) is 62.0 Å². The summed E-state index contributed by atoms with van der Waals surface area (Å²) in [7, 11) is 0. The number of carbonyl (C=O) groups excluding carboxylic acids is 3. The van der Waals surface area contributed by atoms with E-state index in [1.807, 2.05) is 12.1 Å². The Kier molecular flexibility index (Phi) is 6.86. The Labute approximate surface area is 244 Å². The Morgan fingerprint density at radius 3 is 2.17 bits per heavy atom. The van der Waals surface area contributed by atoms with Crippen LogP contribution in [0.15, 0.2) is 43.0 Å². The first kappa shape index (κ1) is 30.1. The van der Waals surface area contributed by atoms with E-state index in [9.17, 15) is 39.9 Å². The van der Waals surface area contributed by atoms with E-state index in [1.54, 1.807) is 58.0 Å². The minimum atomic E-state index is -2.81. The van der Waals surface area contributed by atoms with Gasteiger partial charge in [-0.3, -0.25) is 14.4 Å². The predicted octanol–water partition coefficient (Wildman–Crippen LogP) is 2.41. The van der Waals surface area contributed by atoms with E-state index in [4.69, 9.17) is 5.73 Å². The van der Waals surface area contributed by atoms with Crippen molar-refractivity contribution in [1.82, 2.24) is 0 Å². The average Bonchev–Trinajstić information content (AvgIpc) is 2.93. The van der Waals surface area contributed by atoms with Crippen LogP contribution in [-0.2, 0) is 9.59 Å². The second kappa shape index (κ2) is 9.57. The van der Waals surface area contributed by atoms with Crippen LogP contribution in [0, 0.1) is 34.5 Å². The SMILES string of the molecule is C=Cc1ccc(-c2ccc3c(c2O)C(=O)[C@@H]2C(O)[C@@]4(O)C(=O)[C@H](C(N)=O)C(O)[C@H](C(C)C)[C@@]4(C)[C@H](O)[C@@]2(C)[C@@H]3C)cc1. The second-order valence-corrected chi connectivity index (χ2v) is 13.1. The molecular formula is C33H39NO8. The molecule has 0 heterocycles. The molecule has 2 saturated carbocycles. The van der Waals surface area contributed by atoms with Gasteiger partial charge in [-0.25, -0.2) is 0 Å². The predicted molar refractivity (Wildman–Crippen MR) is 155 cm³/mol. The number of fused-ring (bicyclic) bond motifs is 3. The lowest BCUT2D eigenvalue weighted by Crippen LogP contribution is -2.83. The molecule has 3 aliphatic rings. The number of ketones is 2. The summed E-state index contributed by atoms with van der Waals surface area (Å²) in [4.78, 5) is 40.7. The first-order chi connectivity index (χ1) is 19.5. The molecule has 9 heteroatoms. The first-order valence-corrected chi connectivity index (χ1v) is 14.3. The van der Waals surface area contributed by atoms with Crippen LogP contribution in [-0.4, -0.2) is 66.9 Å². The molecule has 0 saturated heterocycles. The summed E-state index contributed by atoms with van der Waals surface area (Å²) in [6.07, 6.45) is -3.65. The van der Waals surface area contributed by atoms with Crippen LogP contribution in [0.2, 0.25) is 0 Å². The van der Waals surface area contributed by atoms with Gasteiger partial charge in [0, 0.05) is 16.4 Å². The molecule has 2 aromatic rings. The van der Waals surface area contributed by atoms with Crippen LogP contribution in [0.3, 0.4) is 0 Å². The number of hydrogen-bond donors (Lipinski definition) is 6. The van der Waals surface area contributed by atoms with Crippen LogP contribution >= 0.6 is 0 Å². The van der Waals surface area contributed by atoms with Crippen LogP contribution in [0.4, 0.5) is 0 Å². The van der Waals surface area contributed by atoms with E-state index >= 15 is 0 Å². The Morgan fingerprint density at radius 1 is 1.05 bits per heavy atom. The highest BCUT2D eigenvalue weighted by Crippen LogP contribution is 2.68. The van der Waals surface area contributed by atoms with E-state index in [0.29, 0.717) is 16.7 Å². The third-order valence-electron chi connectivity index (χ3n) is 11.1. The molecule has 0 bridgehead atoms. The van der Waals surface area contributed by atoms with Crippen LogP contribution in [0.25, 0.3) is 17.2 Å². The maximum absolute atomic E-state index is 14.4. The molecular weight excluding hydrogens is 538 g/mol. The topological polar surface area (TPSA) is 178 Å². The normalized spacial score (nSPS) is 39.3. The quantitative estimate of drug-likeness (QED) is 0.300. The minimum Gasteiger partial charge on any atom is -0.507 e. The molecule has 5 rings (SSSR count). The summed E-state index contributed by atoms with van der Waals surface area (Å²) in [5.74, 6) is -9.07. The van der Waals surface area contributed by atoms with Crippen molar-refractivity contribution in [2.24, 2.45) is 40.2 Å². The van der Waals surface area contributed by atoms with Gasteiger partial charge in [-0.15, -0.1) is 0 Å². The minimum absolute atomic E-state index is 0.0659. The number of aliphatic hydroxyl groups excluding tert-OH is 3. The van der Waals surface area contributed by atoms with Gasteiger partial charge in [-0.05, 0) is 34.4 Å². The van der Waals surface area contributed by atoms with E-state index in [0.717, 1.165) is 5.56 Å². The smallest absolute Gasteiger partial charge is 0.230 e. The number of nitrogens with two attached hydrogens (primary N) is 1. The average molecular weight is 578 g/mol. The summed E-state index contributed by atoms with van der Waals surface area (Å²) >= 11 is 0. The van der Waals surface area contributed by atoms with Crippen molar-refractivity contribution in [3.63, 3.8) is 0 Å². The molecule has 1 amide bonds. The lowest BCUT2D eigenvalue weighted by Gasteiger charge is -2.69. The van der Waals surface area contributed by atoms with E-state index < -0.39 is 81.8 Å². The van der Waals surface area contributed by atoms with Gasteiger partial charge in [-0.2, -0.15) is 0 Å². The first-order valence-electron chi connectivity index (χ1n) is 14.3. The lowest BCUT2D eigenvalue weighted by atomic mass is 9.36. The monoisotopic (exact) mass is 577 g/mol. The van der Waals surface area contributed by atoms with Gasteiger partial charge in [0.15, 0.2) is 17.2 Å². The molecule has 0 aliphatic heterocycles. The standard InChI is InChI=1S/C33H39NO8/c1-7-16-8-10-17(11-9-16)19-13-12-18-15(4)31(5)23(25(36)20(18)24(19)35)28(39)33(42)27(38)21(29(34)40)26(37)22(14(2)3)32(33,6)30(31)41/h7-15,21-23,26,28,30,35,37,39,41-42H,1H2,2-6H3,(H2,34,40)/t15-,21-,22+,23-,26?,28?,30-,31+,32+,33+/m1/s1. The maximum Gasteiger partial charge on any atom is 0.230 e. The Hall–Kier alpha value is -3.37. The van der Waals surface area contributed by atoms with Gasteiger partial charge in [0.1, 0.15) is 17.8 Å². The molecule has 0 spiro atoms. The van der Waals surface area contributed by atoms with E-state index in [1.165, 1.54) is 6.92 Å². The Balaban J connectivity index is 1.75. The van der Waals surface area contributed by atoms with Gasteiger partial charge in [-0.1, -0.05) is 83.7 Å². The van der Waals surface area contributed by atoms with Crippen molar-refractivity contribution in [3.8, 4) is 16.9 Å². The fourth-order valence-corrected chi connectivity index (χ4v) is 8.79. The van der Waals surface area contributed by atoms with Crippen molar-refractivity contribution >= 4 is 23.5 Å². The van der Waals surface area contributed by atoms with Crippen molar-refractivity contribution in [1.29, 1.82) is 0 Å². The molecule has 3 aliphatic carbocycles. The number of Topliss-reactive ketones (excluding diaryl/α,β-unsaturated/α-hetero) is 2. The zero-order chi connectivity index (χ0) is 31.3. The summed E-state index contributed by atoms with van der Waals surface area (Å²) in [6.45, 7) is 12.0. The number of primary amides is 1. The van der Waals surface area contributed by atoms with Crippen LogP contribution < -0.4 is 5.73 Å². The molecule has 42 heavy (non-hydrogen) atoms. The maximum atomic E-state index is 14.4. The largest absolute Gasteiger partial charge is 0.507 e. The number of rotatable bonds is 4. The van der Waals surface area contributed by atoms with Gasteiger partial charge < -0.3 is 31.3 Å². The molecule has 9 nitrogen and oxygen atoms in total. The number of amides is 1. The molecule has 2 aromatic carbocycles. The van der Waals surface area contributed by atoms with Crippen molar-refractivity contribution in [2.75, 3.05) is 0 Å². The lowest BCUT2D eigenvalue weighted by molar-refractivity contribution is -0.306. The summed E-state index contributed by atoms with van der Waals surface area (Å²) < 4.78 is 0. The molecule has 0 radical (unpaired) electrons. The van der Waals surface area contributed by atoms with Gasteiger partial charge in [0.2, 0.25) is 5.91 Å². The highest BCUT2D eigenvalue weighted by Gasteiger charge is 2.80. The molecule has 10 atom stereocenters. The zero-order valence-corrected chi connectivity index (χ0v) is 24.4. The second-order valence-electron chi connectivity index (χ2n) is 13.1. The van der Waals surface area contributed by atoms with E-state index in [-0.39, 0.29) is 11.3 Å².